The van der Waals surface area contributed by atoms with Crippen molar-refractivity contribution >= 4 is 11.0 Å². The molecule has 0 amide bonds. The summed E-state index contributed by atoms with van der Waals surface area (Å²) in [6.07, 6.45) is 2.33. The van der Waals surface area contributed by atoms with Crippen LogP contribution < -0.4 is 15.1 Å². The number of fused-ring (bicyclic) bond motifs is 1. The van der Waals surface area contributed by atoms with Gasteiger partial charge in [-0.3, -0.25) is 0 Å². The summed E-state index contributed by atoms with van der Waals surface area (Å²) in [5.74, 6) is 1.12. The Kier molecular flexibility index (Phi) is 6.13. The van der Waals surface area contributed by atoms with Crippen molar-refractivity contribution in [2.24, 2.45) is 0 Å². The van der Waals surface area contributed by atoms with E-state index in [1.54, 1.807) is 0 Å². The lowest BCUT2D eigenvalue weighted by atomic mass is 10.0. The van der Waals surface area contributed by atoms with E-state index in [9.17, 15) is 4.79 Å². The highest BCUT2D eigenvalue weighted by molar-refractivity contribution is 5.87. The molecule has 5 nitrogen and oxygen atoms in total. The molecule has 33 heavy (non-hydrogen) atoms. The normalized spacial score (nSPS) is 16.1. The first-order valence-electron chi connectivity index (χ1n) is 11.3. The number of ether oxygens (including phenoxy) is 3. The molecule has 0 bridgehead atoms. The van der Waals surface area contributed by atoms with Crippen molar-refractivity contribution in [3.63, 3.8) is 0 Å². The molecule has 0 N–H and O–H groups in total. The molecule has 1 aromatic heterocycles. The minimum absolute atomic E-state index is 0.276. The van der Waals surface area contributed by atoms with E-state index in [0.29, 0.717) is 23.7 Å². The molecule has 5 rings (SSSR count). The van der Waals surface area contributed by atoms with Crippen LogP contribution in [0.1, 0.15) is 42.1 Å². The molecule has 0 aliphatic carbocycles. The molecule has 1 aliphatic rings. The van der Waals surface area contributed by atoms with Crippen molar-refractivity contribution < 1.29 is 18.6 Å². The monoisotopic (exact) mass is 442 g/mol. The van der Waals surface area contributed by atoms with Gasteiger partial charge in [0.15, 0.2) is 6.29 Å². The molecule has 0 radical (unpaired) electrons. The summed E-state index contributed by atoms with van der Waals surface area (Å²) in [5, 5.41) is 0.723. The van der Waals surface area contributed by atoms with E-state index < -0.39 is 5.63 Å². The van der Waals surface area contributed by atoms with Crippen LogP contribution in [-0.4, -0.2) is 12.9 Å². The number of aryl methyl sites for hydroxylation is 1. The lowest BCUT2D eigenvalue weighted by Gasteiger charge is -2.24. The molecular formula is C28H26O5. The molecule has 1 aliphatic heterocycles. The van der Waals surface area contributed by atoms with E-state index in [-0.39, 0.29) is 12.4 Å². The van der Waals surface area contributed by atoms with Crippen LogP contribution >= 0.6 is 0 Å². The van der Waals surface area contributed by atoms with Gasteiger partial charge in [0.2, 0.25) is 0 Å². The largest absolute Gasteiger partial charge is 0.480 e. The number of hydrogen-bond acceptors (Lipinski definition) is 5. The average Bonchev–Trinajstić information content (AvgIpc) is 2.86. The number of benzene rings is 3. The van der Waals surface area contributed by atoms with Crippen LogP contribution in [0.5, 0.6) is 11.5 Å². The molecule has 4 aromatic rings. The van der Waals surface area contributed by atoms with Crippen LogP contribution in [0.25, 0.3) is 11.0 Å². The molecule has 3 aromatic carbocycles. The smallest absolute Gasteiger partial charge is 0.339 e. The van der Waals surface area contributed by atoms with E-state index in [2.05, 4.69) is 0 Å². The van der Waals surface area contributed by atoms with Gasteiger partial charge in [-0.05, 0) is 43.0 Å². The molecule has 5 heteroatoms. The number of hydrogen-bond donors (Lipinski definition) is 0. The fourth-order valence-corrected chi connectivity index (χ4v) is 4.20. The second-order valence-electron chi connectivity index (χ2n) is 8.23. The van der Waals surface area contributed by atoms with Crippen LogP contribution in [0.4, 0.5) is 0 Å². The Morgan fingerprint density at radius 3 is 2.21 bits per heavy atom. The number of rotatable bonds is 6. The van der Waals surface area contributed by atoms with Gasteiger partial charge in [-0.25, -0.2) is 4.79 Å². The topological polar surface area (TPSA) is 57.9 Å². The van der Waals surface area contributed by atoms with Crippen molar-refractivity contribution in [1.82, 2.24) is 0 Å². The molecule has 1 fully saturated rings. The summed E-state index contributed by atoms with van der Waals surface area (Å²) in [6.45, 7) is 2.59. The Hall–Kier alpha value is -3.57. The van der Waals surface area contributed by atoms with Gasteiger partial charge in [0, 0.05) is 12.0 Å². The van der Waals surface area contributed by atoms with Crippen LogP contribution in [0, 0.1) is 6.92 Å². The predicted molar refractivity (Wildman–Crippen MR) is 127 cm³/mol. The zero-order chi connectivity index (χ0) is 22.6. The van der Waals surface area contributed by atoms with Crippen LogP contribution in [-0.2, 0) is 4.74 Å². The summed E-state index contributed by atoms with van der Waals surface area (Å²) >= 11 is 0. The summed E-state index contributed by atoms with van der Waals surface area (Å²) in [4.78, 5) is 12.5. The Labute approximate surface area is 192 Å². The Balaban J connectivity index is 1.54. The van der Waals surface area contributed by atoms with Gasteiger partial charge in [-0.15, -0.1) is 0 Å². The highest BCUT2D eigenvalue weighted by Gasteiger charge is 2.21. The summed E-state index contributed by atoms with van der Waals surface area (Å²) in [6, 6.07) is 25.1. The maximum Gasteiger partial charge on any atom is 0.339 e. The third-order valence-electron chi connectivity index (χ3n) is 5.92. The zero-order valence-corrected chi connectivity index (χ0v) is 18.5. The molecule has 1 saturated heterocycles. The van der Waals surface area contributed by atoms with Gasteiger partial charge in [-0.2, -0.15) is 0 Å². The first-order valence-corrected chi connectivity index (χ1v) is 11.3. The maximum absolute atomic E-state index is 12.5. The van der Waals surface area contributed by atoms with Gasteiger partial charge in [0.25, 0.3) is 0 Å². The van der Waals surface area contributed by atoms with Crippen LogP contribution in [0.3, 0.4) is 0 Å². The Morgan fingerprint density at radius 2 is 1.58 bits per heavy atom. The second-order valence-corrected chi connectivity index (χ2v) is 8.23. The lowest BCUT2D eigenvalue weighted by Crippen LogP contribution is -2.25. The van der Waals surface area contributed by atoms with Gasteiger partial charge >= 0.3 is 5.63 Å². The van der Waals surface area contributed by atoms with Crippen molar-refractivity contribution in [1.29, 1.82) is 0 Å². The molecule has 1 unspecified atom stereocenters. The lowest BCUT2D eigenvalue weighted by molar-refractivity contribution is -0.106. The SMILES string of the molecule is Cc1c(OC2CCCCO2)ccc2c(OC(c3ccccc3)c3ccccc3)cc(=O)oc12. The van der Waals surface area contributed by atoms with E-state index >= 15 is 0 Å². The third kappa shape index (κ3) is 4.64. The maximum atomic E-state index is 12.5. The molecule has 1 atom stereocenters. The van der Waals surface area contributed by atoms with Gasteiger partial charge in [0.05, 0.1) is 18.1 Å². The minimum Gasteiger partial charge on any atom is -0.480 e. The van der Waals surface area contributed by atoms with Gasteiger partial charge in [0.1, 0.15) is 23.2 Å². The summed E-state index contributed by atoms with van der Waals surface area (Å²) in [5.41, 5.74) is 2.74. The quantitative estimate of drug-likeness (QED) is 0.334. The van der Waals surface area contributed by atoms with E-state index in [0.717, 1.165) is 41.3 Å². The van der Waals surface area contributed by atoms with E-state index in [1.165, 1.54) is 6.07 Å². The molecular weight excluding hydrogens is 416 g/mol. The minimum atomic E-state index is -0.466. The standard InChI is InChI=1S/C28H26O5/c1-19-23(31-26-14-8-9-17-30-26)16-15-22-24(18-25(29)33-27(19)22)32-28(20-10-4-2-5-11-20)21-12-6-3-7-13-21/h2-7,10-13,15-16,18,26,28H,8-9,14,17H2,1H3. The fourth-order valence-electron chi connectivity index (χ4n) is 4.20. The summed E-state index contributed by atoms with van der Waals surface area (Å²) < 4.78 is 23.9. The third-order valence-corrected chi connectivity index (χ3v) is 5.92. The predicted octanol–water partition coefficient (Wildman–Crippen LogP) is 6.18. The van der Waals surface area contributed by atoms with Crippen molar-refractivity contribution in [2.45, 2.75) is 38.6 Å². The van der Waals surface area contributed by atoms with Crippen LogP contribution in [0.2, 0.25) is 0 Å². The first kappa shape index (κ1) is 21.3. The Morgan fingerprint density at radius 1 is 0.879 bits per heavy atom. The average molecular weight is 443 g/mol. The highest BCUT2D eigenvalue weighted by Crippen LogP contribution is 2.36. The fraction of sp³-hybridized carbons (Fsp3) is 0.250. The highest BCUT2D eigenvalue weighted by atomic mass is 16.7. The second kappa shape index (κ2) is 9.51. The summed E-state index contributed by atoms with van der Waals surface area (Å²) in [7, 11) is 0. The van der Waals surface area contributed by atoms with Gasteiger partial charge < -0.3 is 18.6 Å². The van der Waals surface area contributed by atoms with Gasteiger partial charge in [-0.1, -0.05) is 60.7 Å². The van der Waals surface area contributed by atoms with Crippen molar-refractivity contribution in [3.8, 4) is 11.5 Å². The van der Waals surface area contributed by atoms with Crippen LogP contribution in [0.15, 0.2) is 88.1 Å². The zero-order valence-electron chi connectivity index (χ0n) is 18.5. The Bertz CT molecular complexity index is 1230. The van der Waals surface area contributed by atoms with Crippen molar-refractivity contribution in [2.75, 3.05) is 6.61 Å². The van der Waals surface area contributed by atoms with Crippen molar-refractivity contribution in [3.05, 3.63) is 106 Å². The molecule has 168 valence electrons. The molecule has 0 spiro atoms. The van der Waals surface area contributed by atoms with E-state index in [4.69, 9.17) is 18.6 Å². The first-order chi connectivity index (χ1) is 16.2. The molecule has 2 heterocycles. The molecule has 0 saturated carbocycles. The van der Waals surface area contributed by atoms with E-state index in [1.807, 2.05) is 79.7 Å².